The monoisotopic (exact) mass is 393 g/mol. The van der Waals surface area contributed by atoms with E-state index >= 15 is 0 Å². The Morgan fingerprint density at radius 1 is 0.931 bits per heavy atom. The summed E-state index contributed by atoms with van der Waals surface area (Å²) in [4.78, 5) is 24.8. The molecule has 3 aromatic rings. The van der Waals surface area contributed by atoms with Crippen LogP contribution in [0.4, 0.5) is 5.69 Å². The number of ether oxygens (including phenoxy) is 3. The Bertz CT molecular complexity index is 1030. The summed E-state index contributed by atoms with van der Waals surface area (Å²) in [6.45, 7) is 1.55. The summed E-state index contributed by atoms with van der Waals surface area (Å²) in [6, 6.07) is 18.6. The van der Waals surface area contributed by atoms with Gasteiger partial charge in [-0.3, -0.25) is 9.59 Å². The Hall–Kier alpha value is -3.54. The third-order valence-electron chi connectivity index (χ3n) is 4.52. The number of amides is 1. The molecule has 3 rings (SSSR count). The summed E-state index contributed by atoms with van der Waals surface area (Å²) in [7, 11) is 3.07. The van der Waals surface area contributed by atoms with Gasteiger partial charge in [0.2, 0.25) is 0 Å². The molecule has 1 amide bonds. The summed E-state index contributed by atoms with van der Waals surface area (Å²) in [6.07, 6.45) is -0.909. The van der Waals surface area contributed by atoms with Gasteiger partial charge in [0.15, 0.2) is 17.6 Å². The number of rotatable bonds is 7. The number of fused-ring (bicyclic) bond motifs is 1. The second kappa shape index (κ2) is 9.10. The number of hydrogen-bond donors (Lipinski definition) is 1. The highest BCUT2D eigenvalue weighted by atomic mass is 16.5. The van der Waals surface area contributed by atoms with Crippen LogP contribution >= 0.6 is 0 Å². The third kappa shape index (κ3) is 4.85. The van der Waals surface area contributed by atoms with Gasteiger partial charge in [0.25, 0.3) is 5.91 Å². The molecule has 0 aliphatic carbocycles. The second-order valence-electron chi connectivity index (χ2n) is 6.51. The van der Waals surface area contributed by atoms with Gasteiger partial charge >= 0.3 is 5.97 Å². The van der Waals surface area contributed by atoms with E-state index in [0.717, 1.165) is 10.8 Å². The molecule has 0 saturated heterocycles. The fraction of sp³-hybridized carbons (Fsp3) is 0.217. The lowest BCUT2D eigenvalue weighted by Gasteiger charge is -2.15. The van der Waals surface area contributed by atoms with E-state index in [9.17, 15) is 9.59 Å². The van der Waals surface area contributed by atoms with E-state index < -0.39 is 12.1 Å². The molecule has 0 heterocycles. The number of carbonyl (C=O) groups excluding carboxylic acids is 2. The van der Waals surface area contributed by atoms with Gasteiger partial charge < -0.3 is 19.5 Å². The van der Waals surface area contributed by atoms with Gasteiger partial charge in [-0.1, -0.05) is 42.5 Å². The Morgan fingerprint density at radius 3 is 2.41 bits per heavy atom. The lowest BCUT2D eigenvalue weighted by molar-refractivity contribution is -0.152. The van der Waals surface area contributed by atoms with Crippen molar-refractivity contribution in [2.24, 2.45) is 0 Å². The number of nitrogens with one attached hydrogen (secondary N) is 1. The SMILES string of the molecule is COc1ccc(CC(=O)O[C@@H](C)C(=O)Nc2cccc3ccccc23)cc1OC. The number of methoxy groups -OCH3 is 2. The molecule has 150 valence electrons. The maximum absolute atomic E-state index is 12.5. The molecule has 0 spiro atoms. The molecule has 1 N–H and O–H groups in total. The first-order chi connectivity index (χ1) is 14.0. The molecule has 0 aliphatic rings. The van der Waals surface area contributed by atoms with E-state index in [1.54, 1.807) is 32.2 Å². The molecule has 0 fully saturated rings. The van der Waals surface area contributed by atoms with Crippen molar-refractivity contribution < 1.29 is 23.8 Å². The smallest absolute Gasteiger partial charge is 0.311 e. The summed E-state index contributed by atoms with van der Waals surface area (Å²) in [5.41, 5.74) is 1.38. The maximum atomic E-state index is 12.5. The minimum atomic E-state index is -0.929. The molecule has 3 aromatic carbocycles. The van der Waals surface area contributed by atoms with Crippen molar-refractivity contribution in [1.29, 1.82) is 0 Å². The quantitative estimate of drug-likeness (QED) is 0.615. The first-order valence-electron chi connectivity index (χ1n) is 9.21. The van der Waals surface area contributed by atoms with E-state index in [1.165, 1.54) is 7.11 Å². The van der Waals surface area contributed by atoms with Gasteiger partial charge in [-0.15, -0.1) is 0 Å². The average Bonchev–Trinajstić information content (AvgIpc) is 2.73. The van der Waals surface area contributed by atoms with Crippen LogP contribution in [-0.2, 0) is 20.7 Å². The Balaban J connectivity index is 1.62. The van der Waals surface area contributed by atoms with E-state index in [0.29, 0.717) is 22.7 Å². The Labute approximate surface area is 169 Å². The Morgan fingerprint density at radius 2 is 1.66 bits per heavy atom. The summed E-state index contributed by atoms with van der Waals surface area (Å²) >= 11 is 0. The molecule has 0 aliphatic heterocycles. The molecule has 29 heavy (non-hydrogen) atoms. The molecule has 0 radical (unpaired) electrons. The fourth-order valence-electron chi connectivity index (χ4n) is 3.02. The molecule has 6 nitrogen and oxygen atoms in total. The normalized spacial score (nSPS) is 11.6. The van der Waals surface area contributed by atoms with Gasteiger partial charge in [-0.25, -0.2) is 0 Å². The molecular weight excluding hydrogens is 370 g/mol. The summed E-state index contributed by atoms with van der Waals surface area (Å²) < 4.78 is 15.7. The molecule has 6 heteroatoms. The number of carbonyl (C=O) groups is 2. The van der Waals surface area contributed by atoms with E-state index in [-0.39, 0.29) is 12.3 Å². The van der Waals surface area contributed by atoms with Crippen LogP contribution < -0.4 is 14.8 Å². The highest BCUT2D eigenvalue weighted by Crippen LogP contribution is 2.28. The Kier molecular flexibility index (Phi) is 6.34. The first kappa shape index (κ1) is 20.2. The van der Waals surface area contributed by atoms with Crippen LogP contribution in [0.25, 0.3) is 10.8 Å². The van der Waals surface area contributed by atoms with Crippen LogP contribution in [0.15, 0.2) is 60.7 Å². The molecule has 0 unspecified atom stereocenters. The van der Waals surface area contributed by atoms with Crippen molar-refractivity contribution in [3.63, 3.8) is 0 Å². The fourth-order valence-corrected chi connectivity index (χ4v) is 3.02. The maximum Gasteiger partial charge on any atom is 0.311 e. The van der Waals surface area contributed by atoms with Crippen molar-refractivity contribution in [2.45, 2.75) is 19.4 Å². The zero-order valence-electron chi connectivity index (χ0n) is 16.6. The standard InChI is InChI=1S/C23H23NO5/c1-15(23(26)24-19-10-6-8-17-7-4-5-9-18(17)19)29-22(25)14-16-11-12-20(27-2)21(13-16)28-3/h4-13,15H,14H2,1-3H3,(H,24,26)/t15-/m0/s1. The first-order valence-corrected chi connectivity index (χ1v) is 9.21. The highest BCUT2D eigenvalue weighted by molar-refractivity contribution is 6.03. The van der Waals surface area contributed by atoms with Gasteiger partial charge in [-0.2, -0.15) is 0 Å². The van der Waals surface area contributed by atoms with Crippen LogP contribution in [-0.4, -0.2) is 32.2 Å². The average molecular weight is 393 g/mol. The largest absolute Gasteiger partial charge is 0.493 e. The molecule has 0 bridgehead atoms. The van der Waals surface area contributed by atoms with Gasteiger partial charge in [0, 0.05) is 11.1 Å². The predicted octanol–water partition coefficient (Wildman–Crippen LogP) is 3.97. The summed E-state index contributed by atoms with van der Waals surface area (Å²) in [5.74, 6) is 0.215. The van der Waals surface area contributed by atoms with E-state index in [2.05, 4.69) is 5.32 Å². The van der Waals surface area contributed by atoms with Crippen LogP contribution in [0.1, 0.15) is 12.5 Å². The minimum Gasteiger partial charge on any atom is -0.493 e. The van der Waals surface area contributed by atoms with Gasteiger partial charge in [-0.05, 0) is 36.1 Å². The van der Waals surface area contributed by atoms with Crippen LogP contribution in [0.5, 0.6) is 11.5 Å². The van der Waals surface area contributed by atoms with Crippen molar-refractivity contribution in [3.8, 4) is 11.5 Å². The number of esters is 1. The van der Waals surface area contributed by atoms with Gasteiger partial charge in [0.05, 0.1) is 20.6 Å². The number of anilines is 1. The van der Waals surface area contributed by atoms with Gasteiger partial charge in [0.1, 0.15) is 0 Å². The minimum absolute atomic E-state index is 0.0201. The molecule has 1 atom stereocenters. The van der Waals surface area contributed by atoms with Crippen LogP contribution in [0.3, 0.4) is 0 Å². The van der Waals surface area contributed by atoms with Crippen molar-refractivity contribution in [2.75, 3.05) is 19.5 Å². The van der Waals surface area contributed by atoms with E-state index in [4.69, 9.17) is 14.2 Å². The summed E-state index contributed by atoms with van der Waals surface area (Å²) in [5, 5.41) is 4.77. The second-order valence-corrected chi connectivity index (χ2v) is 6.51. The third-order valence-corrected chi connectivity index (χ3v) is 4.52. The van der Waals surface area contributed by atoms with Crippen LogP contribution in [0, 0.1) is 0 Å². The number of hydrogen-bond acceptors (Lipinski definition) is 5. The lowest BCUT2D eigenvalue weighted by atomic mass is 10.1. The van der Waals surface area contributed by atoms with Crippen molar-refractivity contribution in [3.05, 3.63) is 66.2 Å². The molecule has 0 aromatic heterocycles. The van der Waals surface area contributed by atoms with Crippen molar-refractivity contribution in [1.82, 2.24) is 0 Å². The molecule has 0 saturated carbocycles. The highest BCUT2D eigenvalue weighted by Gasteiger charge is 2.19. The number of benzene rings is 3. The van der Waals surface area contributed by atoms with Crippen molar-refractivity contribution >= 4 is 28.3 Å². The van der Waals surface area contributed by atoms with Crippen LogP contribution in [0.2, 0.25) is 0 Å². The molecular formula is C23H23NO5. The predicted molar refractivity (Wildman–Crippen MR) is 111 cm³/mol. The lowest BCUT2D eigenvalue weighted by Crippen LogP contribution is -2.30. The zero-order valence-corrected chi connectivity index (χ0v) is 16.6. The zero-order chi connectivity index (χ0) is 20.8. The van der Waals surface area contributed by atoms with E-state index in [1.807, 2.05) is 42.5 Å². The topological polar surface area (TPSA) is 73.9 Å².